The SMILES string of the molecule is Cc1cnc2n1C=NC2C. The molecule has 0 fully saturated rings. The summed E-state index contributed by atoms with van der Waals surface area (Å²) in [6.07, 6.45) is 3.71. The molecule has 1 aliphatic rings. The molecule has 1 aromatic rings. The highest BCUT2D eigenvalue weighted by molar-refractivity contribution is 5.64. The smallest absolute Gasteiger partial charge is 0.138 e. The van der Waals surface area contributed by atoms with Crippen molar-refractivity contribution in [2.24, 2.45) is 4.99 Å². The molecule has 0 aliphatic carbocycles. The van der Waals surface area contributed by atoms with Crippen LogP contribution < -0.4 is 0 Å². The third-order valence-corrected chi connectivity index (χ3v) is 1.79. The number of hydrogen-bond acceptors (Lipinski definition) is 2. The number of imidazole rings is 1. The van der Waals surface area contributed by atoms with Gasteiger partial charge in [0.15, 0.2) is 0 Å². The molecular weight excluding hydrogens is 126 g/mol. The van der Waals surface area contributed by atoms with E-state index in [1.807, 2.05) is 30.9 Å². The minimum Gasteiger partial charge on any atom is -0.290 e. The fraction of sp³-hybridized carbons (Fsp3) is 0.429. The summed E-state index contributed by atoms with van der Waals surface area (Å²) in [5.74, 6) is 1.05. The summed E-state index contributed by atoms with van der Waals surface area (Å²) in [5, 5.41) is 0. The lowest BCUT2D eigenvalue weighted by molar-refractivity contribution is 0.781. The molecule has 0 saturated carbocycles. The highest BCUT2D eigenvalue weighted by Gasteiger charge is 2.16. The number of aliphatic imine (C=N–C) groups is 1. The molecule has 0 bridgehead atoms. The van der Waals surface area contributed by atoms with Gasteiger partial charge in [0.25, 0.3) is 0 Å². The van der Waals surface area contributed by atoms with Crippen LogP contribution in [-0.2, 0) is 0 Å². The first-order valence-corrected chi connectivity index (χ1v) is 3.36. The largest absolute Gasteiger partial charge is 0.290 e. The summed E-state index contributed by atoms with van der Waals surface area (Å²) in [7, 11) is 0. The number of aryl methyl sites for hydroxylation is 1. The summed E-state index contributed by atoms with van der Waals surface area (Å²) in [5.41, 5.74) is 1.16. The summed E-state index contributed by atoms with van der Waals surface area (Å²) >= 11 is 0. The normalized spacial score (nSPS) is 21.6. The molecule has 0 saturated heterocycles. The molecule has 3 heteroatoms. The molecule has 0 spiro atoms. The average Bonchev–Trinajstić information content (AvgIpc) is 2.41. The van der Waals surface area contributed by atoms with Crippen molar-refractivity contribution in [3.05, 3.63) is 17.7 Å². The lowest BCUT2D eigenvalue weighted by Gasteiger charge is -1.95. The van der Waals surface area contributed by atoms with Gasteiger partial charge < -0.3 is 0 Å². The Kier molecular flexibility index (Phi) is 0.952. The van der Waals surface area contributed by atoms with Gasteiger partial charge in [0.2, 0.25) is 0 Å². The third kappa shape index (κ3) is 0.546. The Morgan fingerprint density at radius 2 is 2.40 bits per heavy atom. The molecule has 1 atom stereocenters. The van der Waals surface area contributed by atoms with E-state index in [2.05, 4.69) is 9.98 Å². The maximum Gasteiger partial charge on any atom is 0.138 e. The molecule has 1 aliphatic heterocycles. The predicted molar refractivity (Wildman–Crippen MR) is 39.3 cm³/mol. The van der Waals surface area contributed by atoms with Gasteiger partial charge in [-0.05, 0) is 13.8 Å². The van der Waals surface area contributed by atoms with Crippen molar-refractivity contribution < 1.29 is 0 Å². The van der Waals surface area contributed by atoms with E-state index >= 15 is 0 Å². The quantitative estimate of drug-likeness (QED) is 0.524. The first-order chi connectivity index (χ1) is 4.79. The van der Waals surface area contributed by atoms with E-state index in [0.29, 0.717) is 0 Å². The molecule has 3 nitrogen and oxygen atoms in total. The van der Waals surface area contributed by atoms with Crippen LogP contribution in [0, 0.1) is 6.92 Å². The minimum absolute atomic E-state index is 0.244. The van der Waals surface area contributed by atoms with Gasteiger partial charge >= 0.3 is 0 Å². The third-order valence-electron chi connectivity index (χ3n) is 1.79. The van der Waals surface area contributed by atoms with Gasteiger partial charge in [0, 0.05) is 11.9 Å². The second-order valence-corrected chi connectivity index (χ2v) is 2.57. The second kappa shape index (κ2) is 1.68. The molecular formula is C7H9N3. The summed E-state index contributed by atoms with van der Waals surface area (Å²) in [6, 6.07) is 0.244. The van der Waals surface area contributed by atoms with Crippen LogP contribution in [0.4, 0.5) is 0 Å². The molecule has 0 aromatic carbocycles. The van der Waals surface area contributed by atoms with Crippen LogP contribution in [0.1, 0.15) is 24.5 Å². The molecule has 0 radical (unpaired) electrons. The molecule has 52 valence electrons. The molecule has 1 aromatic heterocycles. The number of hydrogen-bond donors (Lipinski definition) is 0. The van der Waals surface area contributed by atoms with Crippen molar-refractivity contribution >= 4 is 6.34 Å². The number of fused-ring (bicyclic) bond motifs is 1. The fourth-order valence-electron chi connectivity index (χ4n) is 1.16. The predicted octanol–water partition coefficient (Wildman–Crippen LogP) is 1.14. The average molecular weight is 135 g/mol. The van der Waals surface area contributed by atoms with E-state index in [-0.39, 0.29) is 6.04 Å². The van der Waals surface area contributed by atoms with Gasteiger partial charge in [-0.1, -0.05) is 0 Å². The van der Waals surface area contributed by atoms with E-state index in [4.69, 9.17) is 0 Å². The van der Waals surface area contributed by atoms with Crippen LogP contribution in [-0.4, -0.2) is 15.9 Å². The monoisotopic (exact) mass is 135 g/mol. The van der Waals surface area contributed by atoms with Crippen molar-refractivity contribution in [2.75, 3.05) is 0 Å². The van der Waals surface area contributed by atoms with E-state index in [9.17, 15) is 0 Å². The minimum atomic E-state index is 0.244. The Labute approximate surface area is 59.4 Å². The summed E-state index contributed by atoms with van der Waals surface area (Å²) in [4.78, 5) is 8.42. The maximum absolute atomic E-state index is 4.22. The van der Waals surface area contributed by atoms with Crippen LogP contribution in [0.2, 0.25) is 0 Å². The van der Waals surface area contributed by atoms with Crippen LogP contribution in [0.25, 0.3) is 0 Å². The topological polar surface area (TPSA) is 30.2 Å². The van der Waals surface area contributed by atoms with Crippen LogP contribution in [0.5, 0.6) is 0 Å². The van der Waals surface area contributed by atoms with Crippen molar-refractivity contribution in [1.82, 2.24) is 9.55 Å². The zero-order valence-electron chi connectivity index (χ0n) is 6.07. The Bertz CT molecular complexity index is 285. The summed E-state index contributed by atoms with van der Waals surface area (Å²) < 4.78 is 2.02. The number of nitrogens with zero attached hydrogens (tertiary/aromatic N) is 3. The lowest BCUT2D eigenvalue weighted by Crippen LogP contribution is -1.96. The van der Waals surface area contributed by atoms with Gasteiger partial charge in [-0.3, -0.25) is 9.56 Å². The number of aromatic nitrogens is 2. The Morgan fingerprint density at radius 1 is 1.60 bits per heavy atom. The first-order valence-electron chi connectivity index (χ1n) is 3.36. The van der Waals surface area contributed by atoms with E-state index in [1.165, 1.54) is 0 Å². The highest BCUT2D eigenvalue weighted by Crippen LogP contribution is 2.19. The zero-order chi connectivity index (χ0) is 7.14. The Morgan fingerprint density at radius 3 is 3.10 bits per heavy atom. The van der Waals surface area contributed by atoms with Gasteiger partial charge in [-0.25, -0.2) is 4.98 Å². The van der Waals surface area contributed by atoms with Crippen LogP contribution >= 0.6 is 0 Å². The van der Waals surface area contributed by atoms with Crippen molar-refractivity contribution in [1.29, 1.82) is 0 Å². The Hall–Kier alpha value is -1.12. The van der Waals surface area contributed by atoms with E-state index in [1.54, 1.807) is 0 Å². The lowest BCUT2D eigenvalue weighted by atomic mass is 10.3. The Balaban J connectivity index is 2.62. The molecule has 2 heterocycles. The van der Waals surface area contributed by atoms with Gasteiger partial charge in [0.05, 0.1) is 6.34 Å². The van der Waals surface area contributed by atoms with E-state index in [0.717, 1.165) is 11.5 Å². The highest BCUT2D eigenvalue weighted by atomic mass is 15.2. The first kappa shape index (κ1) is 5.65. The van der Waals surface area contributed by atoms with Crippen molar-refractivity contribution in [3.8, 4) is 0 Å². The van der Waals surface area contributed by atoms with Crippen LogP contribution in [0.3, 0.4) is 0 Å². The van der Waals surface area contributed by atoms with Crippen LogP contribution in [0.15, 0.2) is 11.2 Å². The standard InChI is InChI=1S/C7H9N3/c1-5-3-8-7-6(2)9-4-10(5)7/h3-4,6H,1-2H3. The van der Waals surface area contributed by atoms with Crippen molar-refractivity contribution in [3.63, 3.8) is 0 Å². The van der Waals surface area contributed by atoms with E-state index < -0.39 is 0 Å². The zero-order valence-corrected chi connectivity index (χ0v) is 6.07. The number of rotatable bonds is 0. The molecule has 1 unspecified atom stereocenters. The maximum atomic E-state index is 4.22. The molecule has 0 N–H and O–H groups in total. The molecule has 2 rings (SSSR count). The summed E-state index contributed by atoms with van der Waals surface area (Å²) in [6.45, 7) is 4.07. The fourth-order valence-corrected chi connectivity index (χ4v) is 1.16. The second-order valence-electron chi connectivity index (χ2n) is 2.57. The van der Waals surface area contributed by atoms with Crippen molar-refractivity contribution in [2.45, 2.75) is 19.9 Å². The molecule has 0 amide bonds. The van der Waals surface area contributed by atoms with Gasteiger partial charge in [-0.15, -0.1) is 0 Å². The molecule has 10 heavy (non-hydrogen) atoms. The van der Waals surface area contributed by atoms with Gasteiger partial charge in [-0.2, -0.15) is 0 Å². The van der Waals surface area contributed by atoms with Gasteiger partial charge in [0.1, 0.15) is 11.9 Å².